The minimum atomic E-state index is 0.100. The van der Waals surface area contributed by atoms with E-state index in [1.54, 1.807) is 12.1 Å². The molecular weight excluding hydrogens is 256 g/mol. The number of phenolic OH excluding ortho intramolecular Hbond substituents is 2. The molecule has 0 fully saturated rings. The fraction of sp³-hybridized carbons (Fsp3) is 0.250. The standard InChI is InChI=1S/C16H16O4/c17-13-6-12(7-14(18)9-13)3-1-2-11-4-5-15-16(8-11)20-10-19-15/h4-9,17-18H,1-3,10H2. The van der Waals surface area contributed by atoms with Crippen LogP contribution in [0.15, 0.2) is 36.4 Å². The van der Waals surface area contributed by atoms with Crippen molar-refractivity contribution in [2.45, 2.75) is 19.3 Å². The SMILES string of the molecule is Oc1cc(O)cc(CCCc2ccc3c(c2)OCO3)c1. The minimum absolute atomic E-state index is 0.100. The van der Waals surface area contributed by atoms with E-state index in [0.29, 0.717) is 6.79 Å². The molecule has 0 spiro atoms. The Kier molecular flexibility index (Phi) is 3.37. The van der Waals surface area contributed by atoms with Gasteiger partial charge in [-0.25, -0.2) is 0 Å². The summed E-state index contributed by atoms with van der Waals surface area (Å²) in [4.78, 5) is 0. The van der Waals surface area contributed by atoms with E-state index in [1.807, 2.05) is 18.2 Å². The molecule has 0 saturated heterocycles. The van der Waals surface area contributed by atoms with E-state index < -0.39 is 0 Å². The molecule has 20 heavy (non-hydrogen) atoms. The first-order chi connectivity index (χ1) is 9.70. The Labute approximate surface area is 117 Å². The van der Waals surface area contributed by atoms with Crippen molar-refractivity contribution in [3.63, 3.8) is 0 Å². The predicted octanol–water partition coefficient (Wildman–Crippen LogP) is 3.00. The molecule has 4 heteroatoms. The zero-order chi connectivity index (χ0) is 13.9. The molecule has 0 atom stereocenters. The first-order valence-corrected chi connectivity index (χ1v) is 6.61. The molecule has 0 unspecified atom stereocenters. The quantitative estimate of drug-likeness (QED) is 0.898. The van der Waals surface area contributed by atoms with Crippen molar-refractivity contribution in [3.05, 3.63) is 47.5 Å². The van der Waals surface area contributed by atoms with Crippen LogP contribution in [0.4, 0.5) is 0 Å². The van der Waals surface area contributed by atoms with Gasteiger partial charge in [0.25, 0.3) is 0 Å². The molecule has 0 saturated carbocycles. The van der Waals surface area contributed by atoms with E-state index in [2.05, 4.69) is 0 Å². The average molecular weight is 272 g/mol. The number of rotatable bonds is 4. The number of fused-ring (bicyclic) bond motifs is 1. The largest absolute Gasteiger partial charge is 0.508 e. The summed E-state index contributed by atoms with van der Waals surface area (Å²) in [7, 11) is 0. The van der Waals surface area contributed by atoms with E-state index >= 15 is 0 Å². The van der Waals surface area contributed by atoms with Gasteiger partial charge in [-0.05, 0) is 54.7 Å². The lowest BCUT2D eigenvalue weighted by molar-refractivity contribution is 0.174. The fourth-order valence-electron chi connectivity index (χ4n) is 2.39. The summed E-state index contributed by atoms with van der Waals surface area (Å²) in [5, 5.41) is 18.9. The van der Waals surface area contributed by atoms with Crippen molar-refractivity contribution in [2.75, 3.05) is 6.79 Å². The lowest BCUT2D eigenvalue weighted by atomic mass is 10.0. The maximum absolute atomic E-state index is 9.43. The van der Waals surface area contributed by atoms with Crippen LogP contribution in [0.3, 0.4) is 0 Å². The van der Waals surface area contributed by atoms with Gasteiger partial charge in [0.2, 0.25) is 6.79 Å². The Hall–Kier alpha value is -2.36. The lowest BCUT2D eigenvalue weighted by Gasteiger charge is -2.05. The number of benzene rings is 2. The molecule has 0 aromatic heterocycles. The molecule has 1 aliphatic rings. The summed E-state index contributed by atoms with van der Waals surface area (Å²) in [6.45, 7) is 0.293. The summed E-state index contributed by atoms with van der Waals surface area (Å²) in [5.41, 5.74) is 2.13. The highest BCUT2D eigenvalue weighted by molar-refractivity contribution is 5.44. The number of phenols is 2. The summed E-state index contributed by atoms with van der Waals surface area (Å²) in [6, 6.07) is 10.7. The Balaban J connectivity index is 1.59. The molecule has 2 aromatic carbocycles. The predicted molar refractivity (Wildman–Crippen MR) is 74.4 cm³/mol. The highest BCUT2D eigenvalue weighted by atomic mass is 16.7. The van der Waals surface area contributed by atoms with Gasteiger partial charge in [0.15, 0.2) is 11.5 Å². The van der Waals surface area contributed by atoms with Gasteiger partial charge in [0.1, 0.15) is 11.5 Å². The molecule has 0 bridgehead atoms. The second-order valence-electron chi connectivity index (χ2n) is 4.90. The van der Waals surface area contributed by atoms with Crippen LogP contribution in [0.1, 0.15) is 17.5 Å². The van der Waals surface area contributed by atoms with Gasteiger partial charge < -0.3 is 19.7 Å². The monoisotopic (exact) mass is 272 g/mol. The van der Waals surface area contributed by atoms with Crippen LogP contribution in [-0.2, 0) is 12.8 Å². The zero-order valence-corrected chi connectivity index (χ0v) is 11.0. The smallest absolute Gasteiger partial charge is 0.231 e. The summed E-state index contributed by atoms with van der Waals surface area (Å²) >= 11 is 0. The molecule has 4 nitrogen and oxygen atoms in total. The van der Waals surface area contributed by atoms with Crippen LogP contribution in [0.5, 0.6) is 23.0 Å². The van der Waals surface area contributed by atoms with Gasteiger partial charge in [-0.2, -0.15) is 0 Å². The summed E-state index contributed by atoms with van der Waals surface area (Å²) in [5.74, 6) is 1.80. The maximum atomic E-state index is 9.43. The van der Waals surface area contributed by atoms with Crippen LogP contribution in [-0.4, -0.2) is 17.0 Å². The molecule has 104 valence electrons. The third-order valence-corrected chi connectivity index (χ3v) is 3.33. The number of hydrogen-bond acceptors (Lipinski definition) is 4. The minimum Gasteiger partial charge on any atom is -0.508 e. The number of hydrogen-bond donors (Lipinski definition) is 2. The molecule has 1 aliphatic heterocycles. The third-order valence-electron chi connectivity index (χ3n) is 3.33. The molecule has 0 amide bonds. The Morgan fingerprint density at radius 3 is 2.30 bits per heavy atom. The Morgan fingerprint density at radius 1 is 0.800 bits per heavy atom. The molecule has 1 heterocycles. The van der Waals surface area contributed by atoms with Crippen LogP contribution < -0.4 is 9.47 Å². The van der Waals surface area contributed by atoms with Crippen molar-refractivity contribution < 1.29 is 19.7 Å². The number of aromatic hydroxyl groups is 2. The fourth-order valence-corrected chi connectivity index (χ4v) is 2.39. The normalized spacial score (nSPS) is 12.6. The molecule has 0 radical (unpaired) electrons. The van der Waals surface area contributed by atoms with Gasteiger partial charge in [-0.1, -0.05) is 6.07 Å². The molecule has 0 aliphatic carbocycles. The van der Waals surface area contributed by atoms with Crippen molar-refractivity contribution in [1.82, 2.24) is 0 Å². The summed E-state index contributed by atoms with van der Waals surface area (Å²) < 4.78 is 10.6. The Bertz CT molecular complexity index is 602. The highest BCUT2D eigenvalue weighted by Gasteiger charge is 2.12. The van der Waals surface area contributed by atoms with Gasteiger partial charge in [0, 0.05) is 6.07 Å². The zero-order valence-electron chi connectivity index (χ0n) is 11.0. The molecular formula is C16H16O4. The van der Waals surface area contributed by atoms with Crippen molar-refractivity contribution in [3.8, 4) is 23.0 Å². The summed E-state index contributed by atoms with van der Waals surface area (Å²) in [6.07, 6.45) is 2.64. The maximum Gasteiger partial charge on any atom is 0.231 e. The third kappa shape index (κ3) is 2.79. The highest BCUT2D eigenvalue weighted by Crippen LogP contribution is 2.33. The van der Waals surface area contributed by atoms with Crippen molar-refractivity contribution in [1.29, 1.82) is 0 Å². The lowest BCUT2D eigenvalue weighted by Crippen LogP contribution is -1.93. The number of ether oxygens (including phenoxy) is 2. The van der Waals surface area contributed by atoms with Crippen molar-refractivity contribution in [2.24, 2.45) is 0 Å². The first kappa shape index (κ1) is 12.7. The van der Waals surface area contributed by atoms with E-state index in [-0.39, 0.29) is 11.5 Å². The van der Waals surface area contributed by atoms with E-state index in [9.17, 15) is 10.2 Å². The number of aryl methyl sites for hydroxylation is 2. The van der Waals surface area contributed by atoms with E-state index in [1.165, 1.54) is 11.6 Å². The topological polar surface area (TPSA) is 58.9 Å². The van der Waals surface area contributed by atoms with Crippen LogP contribution in [0.25, 0.3) is 0 Å². The van der Waals surface area contributed by atoms with Gasteiger partial charge in [-0.15, -0.1) is 0 Å². The van der Waals surface area contributed by atoms with Gasteiger partial charge in [0.05, 0.1) is 0 Å². The van der Waals surface area contributed by atoms with Gasteiger partial charge in [-0.3, -0.25) is 0 Å². The Morgan fingerprint density at radius 2 is 1.50 bits per heavy atom. The molecule has 2 N–H and O–H groups in total. The first-order valence-electron chi connectivity index (χ1n) is 6.61. The second-order valence-corrected chi connectivity index (χ2v) is 4.90. The second kappa shape index (κ2) is 5.33. The van der Waals surface area contributed by atoms with Crippen molar-refractivity contribution >= 4 is 0 Å². The van der Waals surface area contributed by atoms with Gasteiger partial charge >= 0.3 is 0 Å². The van der Waals surface area contributed by atoms with Crippen LogP contribution in [0.2, 0.25) is 0 Å². The van der Waals surface area contributed by atoms with Crippen LogP contribution >= 0.6 is 0 Å². The van der Waals surface area contributed by atoms with Crippen LogP contribution in [0, 0.1) is 0 Å². The van der Waals surface area contributed by atoms with E-state index in [4.69, 9.17) is 9.47 Å². The molecule has 3 rings (SSSR count). The average Bonchev–Trinajstić information content (AvgIpc) is 2.85. The molecule has 2 aromatic rings. The van der Waals surface area contributed by atoms with E-state index in [0.717, 1.165) is 36.3 Å².